The van der Waals surface area contributed by atoms with Crippen LogP contribution in [0.4, 0.5) is 0 Å². The van der Waals surface area contributed by atoms with Crippen LogP contribution in [0.15, 0.2) is 27.8 Å². The first kappa shape index (κ1) is 12.4. The van der Waals surface area contributed by atoms with Crippen molar-refractivity contribution in [1.82, 2.24) is 9.55 Å². The monoisotopic (exact) mass is 266 g/mol. The second kappa shape index (κ2) is 4.34. The number of nitrogens with zero attached hydrogens (tertiary/aromatic N) is 1. The highest BCUT2D eigenvalue weighted by Gasteiger charge is 2.14. The zero-order valence-electron chi connectivity index (χ0n) is 9.82. The van der Waals surface area contributed by atoms with Gasteiger partial charge in [0.15, 0.2) is 0 Å². The van der Waals surface area contributed by atoms with Crippen LogP contribution in [0.3, 0.4) is 0 Å². The molecule has 2 aromatic rings. The van der Waals surface area contributed by atoms with Gasteiger partial charge in [0.2, 0.25) is 5.88 Å². The Labute approximate surface area is 107 Å². The van der Waals surface area contributed by atoms with Crippen molar-refractivity contribution in [2.75, 3.05) is 0 Å². The van der Waals surface area contributed by atoms with Crippen molar-refractivity contribution in [3.63, 3.8) is 0 Å². The van der Waals surface area contributed by atoms with Crippen LogP contribution in [0.2, 0.25) is 5.02 Å². The Hall–Kier alpha value is -2.01. The first-order chi connectivity index (χ1) is 8.41. The van der Waals surface area contributed by atoms with E-state index in [9.17, 15) is 14.7 Å². The predicted octanol–water partition coefficient (Wildman–Crippen LogP) is 1.50. The maximum absolute atomic E-state index is 11.7. The molecule has 0 saturated carbocycles. The van der Waals surface area contributed by atoms with E-state index >= 15 is 0 Å². The average Bonchev–Trinajstić information content (AvgIpc) is 2.29. The van der Waals surface area contributed by atoms with Gasteiger partial charge in [0.1, 0.15) is 0 Å². The number of rotatable bonds is 1. The number of nitrogens with one attached hydrogen (secondary N) is 1. The molecule has 0 saturated heterocycles. The molecular formula is C12H11ClN2O3. The van der Waals surface area contributed by atoms with E-state index in [4.69, 9.17) is 11.6 Å². The summed E-state index contributed by atoms with van der Waals surface area (Å²) < 4.78 is 0.971. The molecule has 0 fully saturated rings. The third-order valence-electron chi connectivity index (χ3n) is 2.66. The van der Waals surface area contributed by atoms with Gasteiger partial charge in [-0.25, -0.2) is 9.36 Å². The van der Waals surface area contributed by atoms with E-state index in [1.807, 2.05) is 6.92 Å². The first-order valence-corrected chi connectivity index (χ1v) is 5.61. The van der Waals surface area contributed by atoms with Crippen molar-refractivity contribution in [2.24, 2.45) is 0 Å². The highest BCUT2D eigenvalue weighted by Crippen LogP contribution is 2.24. The summed E-state index contributed by atoms with van der Waals surface area (Å²) in [7, 11) is 0. The van der Waals surface area contributed by atoms with Crippen LogP contribution in [0.5, 0.6) is 5.88 Å². The standard InChI is InChI=1S/C12H11ClN2O3/c1-6-3-4-9(8(13)5-6)15-11(17)7(2)10(16)14-12(15)18/h3-5,17H,1-2H3,(H,14,16,18). The molecule has 0 bridgehead atoms. The minimum atomic E-state index is -0.728. The molecule has 2 N–H and O–H groups in total. The van der Waals surface area contributed by atoms with Gasteiger partial charge in [-0.2, -0.15) is 0 Å². The molecule has 1 aromatic heterocycles. The van der Waals surface area contributed by atoms with E-state index in [1.165, 1.54) is 6.92 Å². The van der Waals surface area contributed by atoms with Crippen LogP contribution in [0, 0.1) is 13.8 Å². The van der Waals surface area contributed by atoms with Crippen molar-refractivity contribution in [3.8, 4) is 11.6 Å². The second-order valence-corrected chi connectivity index (χ2v) is 4.41. The zero-order chi connectivity index (χ0) is 13.4. The minimum absolute atomic E-state index is 0.0613. The van der Waals surface area contributed by atoms with Crippen molar-refractivity contribution in [2.45, 2.75) is 13.8 Å². The summed E-state index contributed by atoms with van der Waals surface area (Å²) in [6, 6.07) is 5.04. The quantitative estimate of drug-likeness (QED) is 0.821. The molecule has 0 unspecified atom stereocenters. The lowest BCUT2D eigenvalue weighted by atomic mass is 10.2. The van der Waals surface area contributed by atoms with Crippen LogP contribution >= 0.6 is 11.6 Å². The van der Waals surface area contributed by atoms with Gasteiger partial charge >= 0.3 is 5.69 Å². The molecule has 2 rings (SSSR count). The van der Waals surface area contributed by atoms with Crippen LogP contribution in [-0.4, -0.2) is 14.7 Å². The predicted molar refractivity (Wildman–Crippen MR) is 68.8 cm³/mol. The lowest BCUT2D eigenvalue weighted by molar-refractivity contribution is 0.426. The highest BCUT2D eigenvalue weighted by atomic mass is 35.5. The minimum Gasteiger partial charge on any atom is -0.494 e. The number of halogens is 1. The summed E-state index contributed by atoms with van der Waals surface area (Å²) in [6.07, 6.45) is 0. The van der Waals surface area contributed by atoms with Crippen LogP contribution in [0.25, 0.3) is 5.69 Å². The van der Waals surface area contributed by atoms with E-state index < -0.39 is 17.1 Å². The fraction of sp³-hybridized carbons (Fsp3) is 0.167. The number of H-pyrrole nitrogens is 1. The maximum atomic E-state index is 11.7. The Balaban J connectivity index is 2.84. The normalized spacial score (nSPS) is 10.6. The Kier molecular flexibility index (Phi) is 3.00. The Morgan fingerprint density at radius 2 is 1.94 bits per heavy atom. The molecular weight excluding hydrogens is 256 g/mol. The molecule has 18 heavy (non-hydrogen) atoms. The van der Waals surface area contributed by atoms with Crippen molar-refractivity contribution in [3.05, 3.63) is 55.2 Å². The second-order valence-electron chi connectivity index (χ2n) is 4.00. The lowest BCUT2D eigenvalue weighted by Gasteiger charge is -2.11. The van der Waals surface area contributed by atoms with Gasteiger partial charge in [-0.15, -0.1) is 0 Å². The molecule has 0 atom stereocenters. The molecule has 0 aliphatic rings. The summed E-state index contributed by atoms with van der Waals surface area (Å²) >= 11 is 6.04. The number of aromatic hydroxyl groups is 1. The molecule has 0 aliphatic heterocycles. The number of aryl methyl sites for hydroxylation is 1. The topological polar surface area (TPSA) is 75.1 Å². The number of hydrogen-bond donors (Lipinski definition) is 2. The summed E-state index contributed by atoms with van der Waals surface area (Å²) in [6.45, 7) is 3.28. The van der Waals surface area contributed by atoms with Gasteiger partial charge < -0.3 is 5.11 Å². The Morgan fingerprint density at radius 1 is 1.28 bits per heavy atom. The molecule has 0 radical (unpaired) electrons. The Morgan fingerprint density at radius 3 is 2.56 bits per heavy atom. The molecule has 0 aliphatic carbocycles. The molecule has 1 heterocycles. The van der Waals surface area contributed by atoms with Crippen molar-refractivity contribution in [1.29, 1.82) is 0 Å². The number of benzene rings is 1. The number of hydrogen-bond acceptors (Lipinski definition) is 3. The first-order valence-electron chi connectivity index (χ1n) is 5.23. The average molecular weight is 267 g/mol. The van der Waals surface area contributed by atoms with Crippen LogP contribution < -0.4 is 11.2 Å². The smallest absolute Gasteiger partial charge is 0.335 e. The van der Waals surface area contributed by atoms with Gasteiger partial charge in [0, 0.05) is 0 Å². The van der Waals surface area contributed by atoms with Gasteiger partial charge in [-0.1, -0.05) is 17.7 Å². The third kappa shape index (κ3) is 1.93. The van der Waals surface area contributed by atoms with E-state index in [1.54, 1.807) is 18.2 Å². The van der Waals surface area contributed by atoms with E-state index in [-0.39, 0.29) is 5.56 Å². The summed E-state index contributed by atoms with van der Waals surface area (Å²) in [5.74, 6) is -0.408. The van der Waals surface area contributed by atoms with Gasteiger partial charge in [-0.3, -0.25) is 9.78 Å². The molecule has 0 amide bonds. The zero-order valence-corrected chi connectivity index (χ0v) is 10.6. The van der Waals surface area contributed by atoms with Crippen LogP contribution in [-0.2, 0) is 0 Å². The largest absolute Gasteiger partial charge is 0.494 e. The Bertz CT molecular complexity index is 731. The van der Waals surface area contributed by atoms with Gasteiger partial charge in [-0.05, 0) is 31.5 Å². The summed E-state index contributed by atoms with van der Waals surface area (Å²) in [4.78, 5) is 25.2. The van der Waals surface area contributed by atoms with E-state index in [2.05, 4.69) is 4.98 Å². The fourth-order valence-electron chi connectivity index (χ4n) is 1.63. The van der Waals surface area contributed by atoms with E-state index in [0.717, 1.165) is 10.1 Å². The van der Waals surface area contributed by atoms with Crippen LogP contribution in [0.1, 0.15) is 11.1 Å². The molecule has 94 valence electrons. The molecule has 0 spiro atoms. The van der Waals surface area contributed by atoms with Gasteiger partial charge in [0.05, 0.1) is 16.3 Å². The number of aromatic amines is 1. The summed E-state index contributed by atoms with van der Waals surface area (Å²) in [5, 5.41) is 10.2. The number of aromatic nitrogens is 2. The molecule has 5 nitrogen and oxygen atoms in total. The lowest BCUT2D eigenvalue weighted by Crippen LogP contribution is -2.30. The molecule has 6 heteroatoms. The van der Waals surface area contributed by atoms with E-state index in [0.29, 0.717) is 10.7 Å². The highest BCUT2D eigenvalue weighted by molar-refractivity contribution is 6.32. The van der Waals surface area contributed by atoms with Crippen molar-refractivity contribution < 1.29 is 5.11 Å². The van der Waals surface area contributed by atoms with Gasteiger partial charge in [0.25, 0.3) is 5.56 Å². The molecule has 1 aromatic carbocycles. The third-order valence-corrected chi connectivity index (χ3v) is 2.96. The fourth-order valence-corrected chi connectivity index (χ4v) is 1.95. The summed E-state index contributed by atoms with van der Waals surface area (Å²) in [5.41, 5.74) is -0.0290. The SMILES string of the molecule is Cc1ccc(-n2c(O)c(C)c(=O)[nH]c2=O)c(Cl)c1. The van der Waals surface area contributed by atoms with Crippen molar-refractivity contribution >= 4 is 11.6 Å². The maximum Gasteiger partial charge on any atom is 0.335 e.